The van der Waals surface area contributed by atoms with Crippen molar-refractivity contribution in [3.05, 3.63) is 59.4 Å². The third-order valence-corrected chi connectivity index (χ3v) is 7.54. The van der Waals surface area contributed by atoms with Gasteiger partial charge in [-0.1, -0.05) is 13.8 Å². The van der Waals surface area contributed by atoms with Crippen LogP contribution in [0.3, 0.4) is 0 Å². The van der Waals surface area contributed by atoms with Crippen LogP contribution in [-0.2, 0) is 14.9 Å². The third-order valence-electron chi connectivity index (χ3n) is 7.54. The molecule has 0 saturated heterocycles. The Morgan fingerprint density at radius 1 is 1.31 bits per heavy atom. The van der Waals surface area contributed by atoms with Gasteiger partial charge in [0.2, 0.25) is 0 Å². The monoisotopic (exact) mass is 481 g/mol. The second-order valence-corrected chi connectivity index (χ2v) is 10.6. The van der Waals surface area contributed by atoms with Gasteiger partial charge in [-0.25, -0.2) is 8.78 Å². The molecule has 2 atom stereocenters. The quantitative estimate of drug-likeness (QED) is 0.350. The first-order valence-electron chi connectivity index (χ1n) is 11.8. The average molecular weight is 482 g/mol. The molecule has 1 saturated carbocycles. The van der Waals surface area contributed by atoms with E-state index in [-0.39, 0.29) is 11.7 Å². The number of benzene rings is 2. The molecule has 4 aromatic rings. The molecule has 184 valence electrons. The number of carboxylic acid groups (broad SMARTS) is 1. The van der Waals surface area contributed by atoms with Crippen LogP contribution in [0.15, 0.2) is 36.5 Å². The van der Waals surface area contributed by atoms with Gasteiger partial charge in [-0.2, -0.15) is 5.10 Å². The largest absolute Gasteiger partial charge is 0.481 e. The van der Waals surface area contributed by atoms with Crippen LogP contribution >= 0.6 is 0 Å². The number of hydrogen-bond donors (Lipinski definition) is 2. The minimum atomic E-state index is -0.883. The molecule has 1 aliphatic rings. The van der Waals surface area contributed by atoms with E-state index in [0.717, 1.165) is 11.3 Å². The SMILES string of the molecule is COCC(C)(C)c1c([C@@H]2CC[C@@](C)(C(=O)O)C2)c2c(F)c3[nH]ncc3cc2n1-c1ccc(F)cc1. The van der Waals surface area contributed by atoms with Gasteiger partial charge in [0.05, 0.1) is 23.7 Å². The Bertz CT molecular complexity index is 1440. The maximum atomic E-state index is 16.2. The number of aromatic nitrogens is 3. The zero-order valence-corrected chi connectivity index (χ0v) is 20.3. The first-order chi connectivity index (χ1) is 16.6. The summed E-state index contributed by atoms with van der Waals surface area (Å²) in [7, 11) is 1.62. The number of ether oxygens (including phenoxy) is 1. The zero-order chi connectivity index (χ0) is 25.1. The summed E-state index contributed by atoms with van der Waals surface area (Å²) in [5.74, 6) is -1.78. The highest BCUT2D eigenvalue weighted by Crippen LogP contribution is 2.52. The Morgan fingerprint density at radius 3 is 2.66 bits per heavy atom. The second kappa shape index (κ2) is 8.16. The average Bonchev–Trinajstić information content (AvgIpc) is 3.51. The highest BCUT2D eigenvalue weighted by molar-refractivity contribution is 6.00. The number of aromatic amines is 1. The number of carbonyl (C=O) groups is 1. The van der Waals surface area contributed by atoms with Gasteiger partial charge in [0.25, 0.3) is 0 Å². The topological polar surface area (TPSA) is 80.1 Å². The molecule has 2 aromatic heterocycles. The molecule has 0 aliphatic heterocycles. The Kier molecular flexibility index (Phi) is 5.47. The fourth-order valence-corrected chi connectivity index (χ4v) is 5.86. The molecular weight excluding hydrogens is 452 g/mol. The molecule has 8 heteroatoms. The molecule has 5 rings (SSSR count). The summed E-state index contributed by atoms with van der Waals surface area (Å²) in [6.07, 6.45) is 3.12. The van der Waals surface area contributed by atoms with Gasteiger partial charge in [-0.15, -0.1) is 0 Å². The van der Waals surface area contributed by atoms with Gasteiger partial charge in [0.1, 0.15) is 11.3 Å². The van der Waals surface area contributed by atoms with Crippen LogP contribution in [0.5, 0.6) is 0 Å². The smallest absolute Gasteiger partial charge is 0.309 e. The third kappa shape index (κ3) is 3.62. The Morgan fingerprint density at radius 2 is 2.03 bits per heavy atom. The molecule has 1 fully saturated rings. The number of rotatable bonds is 6. The van der Waals surface area contributed by atoms with E-state index in [0.29, 0.717) is 53.4 Å². The summed E-state index contributed by atoms with van der Waals surface area (Å²) in [5, 5.41) is 17.8. The molecule has 0 amide bonds. The molecule has 2 N–H and O–H groups in total. The summed E-state index contributed by atoms with van der Waals surface area (Å²) in [6, 6.07) is 8.02. The molecule has 0 spiro atoms. The van der Waals surface area contributed by atoms with E-state index in [1.807, 2.05) is 24.5 Å². The predicted molar refractivity (Wildman–Crippen MR) is 130 cm³/mol. The van der Waals surface area contributed by atoms with E-state index in [1.165, 1.54) is 12.1 Å². The lowest BCUT2D eigenvalue weighted by Crippen LogP contribution is -2.29. The summed E-state index contributed by atoms with van der Waals surface area (Å²) in [6.45, 7) is 6.19. The van der Waals surface area contributed by atoms with E-state index in [4.69, 9.17) is 4.74 Å². The van der Waals surface area contributed by atoms with Crippen LogP contribution < -0.4 is 0 Å². The Balaban J connectivity index is 1.91. The maximum Gasteiger partial charge on any atom is 0.309 e. The molecule has 0 unspecified atom stereocenters. The number of nitrogens with one attached hydrogen (secondary N) is 1. The van der Waals surface area contributed by atoms with E-state index in [1.54, 1.807) is 32.4 Å². The predicted octanol–water partition coefficient (Wildman–Crippen LogP) is 6.07. The molecule has 0 bridgehead atoms. The summed E-state index contributed by atoms with van der Waals surface area (Å²) in [5.41, 5.74) is 1.85. The van der Waals surface area contributed by atoms with E-state index in [9.17, 15) is 14.3 Å². The van der Waals surface area contributed by atoms with Crippen molar-refractivity contribution < 1.29 is 23.4 Å². The molecule has 1 aliphatic carbocycles. The van der Waals surface area contributed by atoms with Crippen molar-refractivity contribution >= 4 is 27.8 Å². The fraction of sp³-hybridized carbons (Fsp3) is 0.407. The van der Waals surface area contributed by atoms with Crippen molar-refractivity contribution in [2.45, 2.75) is 51.4 Å². The van der Waals surface area contributed by atoms with Crippen molar-refractivity contribution in [3.8, 4) is 5.69 Å². The van der Waals surface area contributed by atoms with Crippen LogP contribution in [0.1, 0.15) is 57.2 Å². The van der Waals surface area contributed by atoms with Crippen LogP contribution in [0.2, 0.25) is 0 Å². The summed E-state index contributed by atoms with van der Waals surface area (Å²) in [4.78, 5) is 12.1. The molecule has 2 aromatic carbocycles. The van der Waals surface area contributed by atoms with E-state index < -0.39 is 22.6 Å². The number of H-pyrrole nitrogens is 1. The van der Waals surface area contributed by atoms with Crippen molar-refractivity contribution in [1.29, 1.82) is 0 Å². The van der Waals surface area contributed by atoms with Gasteiger partial charge < -0.3 is 14.4 Å². The van der Waals surface area contributed by atoms with Crippen molar-refractivity contribution in [1.82, 2.24) is 14.8 Å². The van der Waals surface area contributed by atoms with Crippen LogP contribution in [0.25, 0.3) is 27.5 Å². The molecule has 2 heterocycles. The number of halogens is 2. The van der Waals surface area contributed by atoms with Gasteiger partial charge in [-0.3, -0.25) is 9.89 Å². The van der Waals surface area contributed by atoms with E-state index >= 15 is 4.39 Å². The molecule has 35 heavy (non-hydrogen) atoms. The normalized spacial score (nSPS) is 20.8. The second-order valence-electron chi connectivity index (χ2n) is 10.6. The summed E-state index contributed by atoms with van der Waals surface area (Å²) < 4.78 is 37.6. The Hall–Kier alpha value is -3.26. The molecule has 0 radical (unpaired) electrons. The molecular formula is C27H29F2N3O3. The lowest BCUT2D eigenvalue weighted by Gasteiger charge is -2.30. The van der Waals surface area contributed by atoms with Crippen molar-refractivity contribution in [3.63, 3.8) is 0 Å². The van der Waals surface area contributed by atoms with Crippen LogP contribution in [0, 0.1) is 17.0 Å². The van der Waals surface area contributed by atoms with Gasteiger partial charge in [0, 0.05) is 34.7 Å². The van der Waals surface area contributed by atoms with Crippen LogP contribution in [0.4, 0.5) is 8.78 Å². The van der Waals surface area contributed by atoms with Crippen molar-refractivity contribution in [2.24, 2.45) is 5.41 Å². The zero-order valence-electron chi connectivity index (χ0n) is 20.3. The first kappa shape index (κ1) is 23.5. The minimum absolute atomic E-state index is 0.165. The Labute approximate surface area is 201 Å². The van der Waals surface area contributed by atoms with Gasteiger partial charge in [-0.05, 0) is 68.0 Å². The summed E-state index contributed by atoms with van der Waals surface area (Å²) >= 11 is 0. The lowest BCUT2D eigenvalue weighted by atomic mass is 9.80. The number of aliphatic carboxylic acids is 1. The van der Waals surface area contributed by atoms with E-state index in [2.05, 4.69) is 10.2 Å². The van der Waals surface area contributed by atoms with Gasteiger partial charge in [0.15, 0.2) is 5.82 Å². The molecule has 6 nitrogen and oxygen atoms in total. The first-order valence-corrected chi connectivity index (χ1v) is 11.8. The number of methoxy groups -OCH3 is 1. The van der Waals surface area contributed by atoms with Gasteiger partial charge >= 0.3 is 5.97 Å². The number of carboxylic acids is 1. The van der Waals surface area contributed by atoms with Crippen molar-refractivity contribution in [2.75, 3.05) is 13.7 Å². The maximum absolute atomic E-state index is 16.2. The highest BCUT2D eigenvalue weighted by atomic mass is 19.1. The standard InChI is InChI=1S/C27H29F2N3O3/c1-26(2,14-35-4)24-20(15-9-10-27(3,12-15)25(33)34)21-19(11-16-13-30-31-23(16)22(21)29)32(24)18-7-5-17(28)6-8-18/h5-8,11,13,15H,9-10,12,14H2,1-4H3,(H,30,31)(H,33,34)/t15-,27-/m1/s1. The lowest BCUT2D eigenvalue weighted by molar-refractivity contribution is -0.147. The minimum Gasteiger partial charge on any atom is -0.481 e. The number of nitrogens with zero attached hydrogens (tertiary/aromatic N) is 2. The fourth-order valence-electron chi connectivity index (χ4n) is 5.86. The highest BCUT2D eigenvalue weighted by Gasteiger charge is 2.45. The number of fused-ring (bicyclic) bond motifs is 2. The number of hydrogen-bond acceptors (Lipinski definition) is 3. The van der Waals surface area contributed by atoms with Crippen LogP contribution in [-0.4, -0.2) is 39.6 Å².